The molecule has 0 atom stereocenters. The largest absolute Gasteiger partial charge is 0.469 e. The smallest absolute Gasteiger partial charge is 0.191 e. The maximum atomic E-state index is 6.13. The third-order valence-electron chi connectivity index (χ3n) is 3.11. The van der Waals surface area contributed by atoms with Gasteiger partial charge in [-0.15, -0.1) is 24.0 Å². The zero-order chi connectivity index (χ0) is 14.9. The molecule has 0 aliphatic carbocycles. The van der Waals surface area contributed by atoms with Crippen LogP contribution in [-0.4, -0.2) is 26.1 Å². The highest BCUT2D eigenvalue weighted by atomic mass is 127. The van der Waals surface area contributed by atoms with Crippen molar-refractivity contribution in [1.82, 2.24) is 10.6 Å². The number of aliphatic imine (C=N–C) groups is 1. The minimum atomic E-state index is 0. The van der Waals surface area contributed by atoms with Crippen molar-refractivity contribution in [1.29, 1.82) is 0 Å². The molecule has 0 saturated carbocycles. The minimum absolute atomic E-state index is 0. The van der Waals surface area contributed by atoms with E-state index in [-0.39, 0.29) is 24.0 Å². The monoisotopic (exact) mass is 433 g/mol. The Bertz CT molecular complexity index is 573. The van der Waals surface area contributed by atoms with Gasteiger partial charge in [-0.1, -0.05) is 29.8 Å². The summed E-state index contributed by atoms with van der Waals surface area (Å²) in [6.07, 6.45) is 3.38. The van der Waals surface area contributed by atoms with E-state index in [2.05, 4.69) is 15.6 Å². The van der Waals surface area contributed by atoms with E-state index in [9.17, 15) is 0 Å². The van der Waals surface area contributed by atoms with E-state index in [1.54, 1.807) is 13.3 Å². The molecule has 2 aromatic rings. The first-order chi connectivity index (χ1) is 10.3. The zero-order valence-corrected chi connectivity index (χ0v) is 15.6. The fraction of sp³-hybridized carbons (Fsp3) is 0.312. The van der Waals surface area contributed by atoms with Crippen LogP contribution >= 0.6 is 35.6 Å². The average molecular weight is 434 g/mol. The summed E-state index contributed by atoms with van der Waals surface area (Å²) in [5.41, 5.74) is 1.14. The van der Waals surface area contributed by atoms with Gasteiger partial charge < -0.3 is 15.1 Å². The van der Waals surface area contributed by atoms with E-state index in [1.807, 2.05) is 36.4 Å². The molecule has 0 unspecified atom stereocenters. The summed E-state index contributed by atoms with van der Waals surface area (Å²) in [5.74, 6) is 1.75. The van der Waals surface area contributed by atoms with Crippen molar-refractivity contribution in [2.75, 3.05) is 20.1 Å². The molecule has 4 nitrogen and oxygen atoms in total. The molecular formula is C16H21ClIN3O. The van der Waals surface area contributed by atoms with Crippen LogP contribution in [0.5, 0.6) is 0 Å². The SMILES string of the molecule is CN=C(NCCc1ccco1)NCCc1ccccc1Cl.I. The Labute approximate surface area is 153 Å². The molecule has 2 rings (SSSR count). The molecule has 0 amide bonds. The highest BCUT2D eigenvalue weighted by molar-refractivity contribution is 14.0. The van der Waals surface area contributed by atoms with Gasteiger partial charge in [-0.2, -0.15) is 0 Å². The highest BCUT2D eigenvalue weighted by Gasteiger charge is 2.01. The lowest BCUT2D eigenvalue weighted by Gasteiger charge is -2.11. The molecule has 6 heteroatoms. The van der Waals surface area contributed by atoms with E-state index in [0.29, 0.717) is 0 Å². The summed E-state index contributed by atoms with van der Waals surface area (Å²) in [5, 5.41) is 7.33. The van der Waals surface area contributed by atoms with E-state index < -0.39 is 0 Å². The topological polar surface area (TPSA) is 49.6 Å². The maximum Gasteiger partial charge on any atom is 0.191 e. The number of hydrogen-bond acceptors (Lipinski definition) is 2. The van der Waals surface area contributed by atoms with Crippen LogP contribution in [0.4, 0.5) is 0 Å². The van der Waals surface area contributed by atoms with E-state index in [4.69, 9.17) is 16.0 Å². The Morgan fingerprint density at radius 3 is 2.45 bits per heavy atom. The van der Waals surface area contributed by atoms with E-state index in [0.717, 1.165) is 48.2 Å². The number of nitrogens with one attached hydrogen (secondary N) is 2. The third kappa shape index (κ3) is 6.27. The van der Waals surface area contributed by atoms with Gasteiger partial charge in [0.05, 0.1) is 6.26 Å². The number of benzene rings is 1. The maximum absolute atomic E-state index is 6.13. The van der Waals surface area contributed by atoms with Crippen LogP contribution in [0.1, 0.15) is 11.3 Å². The molecule has 0 aliphatic rings. The third-order valence-corrected chi connectivity index (χ3v) is 3.48. The van der Waals surface area contributed by atoms with Crippen LogP contribution in [0.2, 0.25) is 5.02 Å². The van der Waals surface area contributed by atoms with Crippen LogP contribution in [0, 0.1) is 0 Å². The molecule has 1 aromatic carbocycles. The van der Waals surface area contributed by atoms with Crippen LogP contribution < -0.4 is 10.6 Å². The van der Waals surface area contributed by atoms with E-state index >= 15 is 0 Å². The van der Waals surface area contributed by atoms with Crippen molar-refractivity contribution < 1.29 is 4.42 Å². The van der Waals surface area contributed by atoms with Gasteiger partial charge in [0.1, 0.15) is 5.76 Å². The fourth-order valence-corrected chi connectivity index (χ4v) is 2.23. The van der Waals surface area contributed by atoms with E-state index in [1.165, 1.54) is 0 Å². The van der Waals surface area contributed by atoms with Crippen molar-refractivity contribution >= 4 is 41.5 Å². The van der Waals surface area contributed by atoms with Crippen molar-refractivity contribution in [3.63, 3.8) is 0 Å². The van der Waals surface area contributed by atoms with Crippen molar-refractivity contribution in [3.05, 3.63) is 59.0 Å². The second-order valence-electron chi connectivity index (χ2n) is 4.60. The lowest BCUT2D eigenvalue weighted by molar-refractivity contribution is 0.507. The summed E-state index contributed by atoms with van der Waals surface area (Å²) >= 11 is 6.13. The molecule has 120 valence electrons. The zero-order valence-electron chi connectivity index (χ0n) is 12.5. The van der Waals surface area contributed by atoms with Crippen LogP contribution in [0.3, 0.4) is 0 Å². The average Bonchev–Trinajstić information content (AvgIpc) is 3.01. The number of rotatable bonds is 6. The van der Waals surface area contributed by atoms with Crippen molar-refractivity contribution in [2.45, 2.75) is 12.8 Å². The number of guanidine groups is 1. The van der Waals surface area contributed by atoms with Gasteiger partial charge >= 0.3 is 0 Å². The molecule has 1 heterocycles. The predicted octanol–water partition coefficient (Wildman–Crippen LogP) is 3.50. The summed E-state index contributed by atoms with van der Waals surface area (Å²) in [6.45, 7) is 1.56. The molecule has 0 bridgehead atoms. The van der Waals surface area contributed by atoms with Crippen LogP contribution in [-0.2, 0) is 12.8 Å². The molecule has 22 heavy (non-hydrogen) atoms. The first-order valence-corrected chi connectivity index (χ1v) is 7.37. The van der Waals surface area contributed by atoms with Gasteiger partial charge in [0.2, 0.25) is 0 Å². The summed E-state index contributed by atoms with van der Waals surface area (Å²) in [6, 6.07) is 11.7. The predicted molar refractivity (Wildman–Crippen MR) is 102 cm³/mol. The lowest BCUT2D eigenvalue weighted by atomic mass is 10.1. The Kier molecular flexibility index (Phi) is 9.00. The minimum Gasteiger partial charge on any atom is -0.469 e. The van der Waals surface area contributed by atoms with Crippen LogP contribution in [0.15, 0.2) is 52.1 Å². The molecule has 0 radical (unpaired) electrons. The second kappa shape index (κ2) is 10.5. The first kappa shape index (κ1) is 18.8. The number of furan rings is 1. The van der Waals surface area contributed by atoms with Gasteiger partial charge in [-0.3, -0.25) is 4.99 Å². The molecule has 0 aliphatic heterocycles. The molecule has 2 N–H and O–H groups in total. The molecule has 0 saturated heterocycles. The Morgan fingerprint density at radius 2 is 1.82 bits per heavy atom. The second-order valence-corrected chi connectivity index (χ2v) is 5.00. The summed E-state index contributed by atoms with van der Waals surface area (Å²) in [7, 11) is 1.76. The fourth-order valence-electron chi connectivity index (χ4n) is 2.00. The first-order valence-electron chi connectivity index (χ1n) is 7.00. The quantitative estimate of drug-likeness (QED) is 0.416. The lowest BCUT2D eigenvalue weighted by Crippen LogP contribution is -2.39. The standard InChI is InChI=1S/C16H20ClN3O.HI/c1-18-16(20-11-9-14-6-4-12-21-14)19-10-8-13-5-2-3-7-15(13)17;/h2-7,12H,8-11H2,1H3,(H2,18,19,20);1H. The highest BCUT2D eigenvalue weighted by Crippen LogP contribution is 2.14. The summed E-state index contributed by atoms with van der Waals surface area (Å²) < 4.78 is 5.29. The van der Waals surface area contributed by atoms with Gasteiger partial charge in [0, 0.05) is 31.6 Å². The number of hydrogen-bond donors (Lipinski definition) is 2. The van der Waals surface area contributed by atoms with Gasteiger partial charge in [-0.25, -0.2) is 0 Å². The van der Waals surface area contributed by atoms with Crippen LogP contribution in [0.25, 0.3) is 0 Å². The van der Waals surface area contributed by atoms with Crippen molar-refractivity contribution in [2.24, 2.45) is 4.99 Å². The number of halogens is 2. The Balaban J connectivity index is 0.00000242. The summed E-state index contributed by atoms with van der Waals surface area (Å²) in [4.78, 5) is 4.19. The molecule has 0 spiro atoms. The van der Waals surface area contributed by atoms with Gasteiger partial charge in [0.15, 0.2) is 5.96 Å². The molecular weight excluding hydrogens is 413 g/mol. The Hall–Kier alpha value is -1.21. The van der Waals surface area contributed by atoms with Crippen molar-refractivity contribution in [3.8, 4) is 0 Å². The number of nitrogens with zero attached hydrogens (tertiary/aromatic N) is 1. The molecule has 1 aromatic heterocycles. The van der Waals surface area contributed by atoms with Gasteiger partial charge in [0.25, 0.3) is 0 Å². The van der Waals surface area contributed by atoms with Gasteiger partial charge in [-0.05, 0) is 30.2 Å². The Morgan fingerprint density at radius 1 is 1.09 bits per heavy atom. The molecule has 0 fully saturated rings. The normalized spacial score (nSPS) is 10.9.